The molecule has 0 aliphatic carbocycles. The van der Waals surface area contributed by atoms with E-state index in [1.54, 1.807) is 36.0 Å². The number of hydrogen-bond acceptors (Lipinski definition) is 4. The Hall–Kier alpha value is -1.70. The summed E-state index contributed by atoms with van der Waals surface area (Å²) in [6.07, 6.45) is 1.07. The van der Waals surface area contributed by atoms with Gasteiger partial charge in [-0.05, 0) is 29.8 Å². The van der Waals surface area contributed by atoms with Crippen LogP contribution in [0.1, 0.15) is 5.56 Å². The number of thioether (sulfide) groups is 1. The molecule has 1 amide bonds. The molecule has 0 unspecified atom stereocenters. The fraction of sp³-hybridized carbons (Fsp3) is 0.278. The number of amides is 1. The number of nitrogens with zero attached hydrogens (tertiary/aromatic N) is 1. The zero-order chi connectivity index (χ0) is 19.0. The zero-order valence-corrected chi connectivity index (χ0v) is 16.8. The van der Waals surface area contributed by atoms with Gasteiger partial charge < -0.3 is 5.32 Å². The Morgan fingerprint density at radius 2 is 1.77 bits per heavy atom. The molecule has 5 nitrogen and oxygen atoms in total. The van der Waals surface area contributed by atoms with Gasteiger partial charge in [-0.1, -0.05) is 41.9 Å². The van der Waals surface area contributed by atoms with E-state index in [1.165, 1.54) is 5.56 Å². The van der Waals surface area contributed by atoms with Gasteiger partial charge in [0.1, 0.15) is 6.54 Å². The van der Waals surface area contributed by atoms with E-state index in [2.05, 4.69) is 17.4 Å². The van der Waals surface area contributed by atoms with Gasteiger partial charge in [0.2, 0.25) is 15.9 Å². The topological polar surface area (TPSA) is 66.5 Å². The van der Waals surface area contributed by atoms with E-state index in [4.69, 9.17) is 11.6 Å². The van der Waals surface area contributed by atoms with Crippen molar-refractivity contribution in [1.82, 2.24) is 5.32 Å². The van der Waals surface area contributed by atoms with Gasteiger partial charge >= 0.3 is 0 Å². The fourth-order valence-corrected chi connectivity index (χ4v) is 4.02. The first-order valence-corrected chi connectivity index (χ1v) is 11.4. The predicted molar refractivity (Wildman–Crippen MR) is 109 cm³/mol. The Labute approximate surface area is 163 Å². The van der Waals surface area contributed by atoms with Gasteiger partial charge in [-0.15, -0.1) is 0 Å². The lowest BCUT2D eigenvalue weighted by atomic mass is 10.2. The number of nitrogens with one attached hydrogen (secondary N) is 1. The third-order valence-corrected chi connectivity index (χ3v) is 5.91. The summed E-state index contributed by atoms with van der Waals surface area (Å²) in [6.45, 7) is 0.221. The zero-order valence-electron chi connectivity index (χ0n) is 14.4. The number of carbonyl (C=O) groups excluding carboxylic acids is 1. The van der Waals surface area contributed by atoms with E-state index in [1.807, 2.05) is 18.2 Å². The molecule has 0 atom stereocenters. The molecule has 2 aromatic rings. The average molecular weight is 413 g/mol. The van der Waals surface area contributed by atoms with Crippen molar-refractivity contribution in [3.05, 3.63) is 65.2 Å². The number of hydrogen-bond donors (Lipinski definition) is 1. The van der Waals surface area contributed by atoms with E-state index >= 15 is 0 Å². The molecule has 0 spiro atoms. The number of anilines is 1. The highest BCUT2D eigenvalue weighted by Crippen LogP contribution is 2.20. The first-order valence-electron chi connectivity index (χ1n) is 7.98. The van der Waals surface area contributed by atoms with Crippen LogP contribution in [0.4, 0.5) is 5.69 Å². The lowest BCUT2D eigenvalue weighted by molar-refractivity contribution is -0.119. The van der Waals surface area contributed by atoms with Crippen LogP contribution < -0.4 is 9.62 Å². The van der Waals surface area contributed by atoms with E-state index in [9.17, 15) is 13.2 Å². The Morgan fingerprint density at radius 3 is 2.38 bits per heavy atom. The number of halogens is 1. The van der Waals surface area contributed by atoms with Gasteiger partial charge in [0.05, 0.1) is 11.9 Å². The molecule has 140 valence electrons. The van der Waals surface area contributed by atoms with Gasteiger partial charge in [-0.25, -0.2) is 8.42 Å². The highest BCUT2D eigenvalue weighted by Gasteiger charge is 2.20. The minimum Gasteiger partial charge on any atom is -0.354 e. The lowest BCUT2D eigenvalue weighted by Gasteiger charge is -2.21. The summed E-state index contributed by atoms with van der Waals surface area (Å²) in [5.74, 6) is 1.28. The molecule has 1 N–H and O–H groups in total. The maximum Gasteiger partial charge on any atom is 0.240 e. The van der Waals surface area contributed by atoms with Crippen LogP contribution >= 0.6 is 23.4 Å². The summed E-state index contributed by atoms with van der Waals surface area (Å²) in [6, 6.07) is 16.4. The molecular weight excluding hydrogens is 392 g/mol. The molecule has 0 saturated carbocycles. The fourth-order valence-electron chi connectivity index (χ4n) is 2.22. The Kier molecular flexibility index (Phi) is 7.81. The van der Waals surface area contributed by atoms with Crippen molar-refractivity contribution in [2.45, 2.75) is 5.75 Å². The summed E-state index contributed by atoms with van der Waals surface area (Å²) >= 11 is 7.54. The normalized spacial score (nSPS) is 11.2. The summed E-state index contributed by atoms with van der Waals surface area (Å²) in [7, 11) is -3.57. The molecule has 0 aromatic heterocycles. The molecular formula is C18H21ClN2O3S2. The quantitative estimate of drug-likeness (QED) is 0.642. The van der Waals surface area contributed by atoms with Crippen LogP contribution in [0.15, 0.2) is 54.6 Å². The first kappa shape index (κ1) is 20.6. The Balaban J connectivity index is 1.81. The third kappa shape index (κ3) is 6.90. The van der Waals surface area contributed by atoms with E-state index in [0.29, 0.717) is 17.3 Å². The van der Waals surface area contributed by atoms with E-state index < -0.39 is 10.0 Å². The van der Waals surface area contributed by atoms with Crippen molar-refractivity contribution in [3.8, 4) is 0 Å². The lowest BCUT2D eigenvalue weighted by Crippen LogP contribution is -2.41. The van der Waals surface area contributed by atoms with Crippen LogP contribution in [0.3, 0.4) is 0 Å². The second-order valence-electron chi connectivity index (χ2n) is 5.63. The molecule has 0 bridgehead atoms. The Bertz CT molecular complexity index is 812. The Morgan fingerprint density at radius 1 is 1.12 bits per heavy atom. The molecule has 2 aromatic carbocycles. The molecule has 2 rings (SSSR count). The van der Waals surface area contributed by atoms with E-state index in [-0.39, 0.29) is 12.5 Å². The molecule has 0 heterocycles. The number of benzene rings is 2. The van der Waals surface area contributed by atoms with Crippen LogP contribution in [0.2, 0.25) is 5.02 Å². The van der Waals surface area contributed by atoms with Crippen LogP contribution in [0.5, 0.6) is 0 Å². The second kappa shape index (κ2) is 9.85. The van der Waals surface area contributed by atoms with Crippen molar-refractivity contribution in [1.29, 1.82) is 0 Å². The standard InChI is InChI=1S/C18H21ClN2O3S2/c1-26(23,24)21(17-9-7-16(19)8-10-17)13-18(22)20-11-12-25-14-15-5-3-2-4-6-15/h2-10H,11-14H2,1H3,(H,20,22). The summed E-state index contributed by atoms with van der Waals surface area (Å²) in [4.78, 5) is 12.1. The second-order valence-corrected chi connectivity index (χ2v) is 9.08. The SMILES string of the molecule is CS(=O)(=O)N(CC(=O)NCCSCc1ccccc1)c1ccc(Cl)cc1. The van der Waals surface area contributed by atoms with Crippen molar-refractivity contribution in [2.75, 3.05) is 29.4 Å². The van der Waals surface area contributed by atoms with Crippen molar-refractivity contribution in [2.24, 2.45) is 0 Å². The summed E-state index contributed by atoms with van der Waals surface area (Å²) in [5.41, 5.74) is 1.64. The van der Waals surface area contributed by atoms with Crippen molar-refractivity contribution >= 4 is 45.0 Å². The van der Waals surface area contributed by atoms with Crippen LogP contribution in [-0.4, -0.2) is 39.4 Å². The number of sulfonamides is 1. The monoisotopic (exact) mass is 412 g/mol. The van der Waals surface area contributed by atoms with Crippen molar-refractivity contribution in [3.63, 3.8) is 0 Å². The van der Waals surface area contributed by atoms with Gasteiger partial charge in [0.15, 0.2) is 0 Å². The predicted octanol–water partition coefficient (Wildman–Crippen LogP) is 3.16. The molecule has 0 aliphatic heterocycles. The maximum absolute atomic E-state index is 12.1. The van der Waals surface area contributed by atoms with Crippen LogP contribution in [-0.2, 0) is 20.6 Å². The minimum atomic E-state index is -3.57. The molecule has 26 heavy (non-hydrogen) atoms. The minimum absolute atomic E-state index is 0.260. The van der Waals surface area contributed by atoms with Gasteiger partial charge in [-0.2, -0.15) is 11.8 Å². The first-order chi connectivity index (χ1) is 12.4. The van der Waals surface area contributed by atoms with Crippen LogP contribution in [0.25, 0.3) is 0 Å². The maximum atomic E-state index is 12.1. The van der Waals surface area contributed by atoms with Crippen LogP contribution in [0, 0.1) is 0 Å². The largest absolute Gasteiger partial charge is 0.354 e. The van der Waals surface area contributed by atoms with Crippen molar-refractivity contribution < 1.29 is 13.2 Å². The summed E-state index contributed by atoms with van der Waals surface area (Å²) in [5, 5.41) is 3.26. The van der Waals surface area contributed by atoms with E-state index in [0.717, 1.165) is 22.1 Å². The summed E-state index contributed by atoms with van der Waals surface area (Å²) < 4.78 is 25.1. The number of carbonyl (C=O) groups is 1. The van der Waals surface area contributed by atoms with Gasteiger partial charge in [0, 0.05) is 23.1 Å². The third-order valence-electron chi connectivity index (χ3n) is 3.48. The molecule has 8 heteroatoms. The molecule has 0 radical (unpaired) electrons. The van der Waals surface area contributed by atoms with Gasteiger partial charge in [0.25, 0.3) is 0 Å². The molecule has 0 fully saturated rings. The van der Waals surface area contributed by atoms with Gasteiger partial charge in [-0.3, -0.25) is 9.10 Å². The average Bonchev–Trinajstić information content (AvgIpc) is 2.60. The highest BCUT2D eigenvalue weighted by atomic mass is 35.5. The molecule has 0 aliphatic rings. The number of rotatable bonds is 9. The smallest absolute Gasteiger partial charge is 0.240 e. The molecule has 0 saturated heterocycles. The highest BCUT2D eigenvalue weighted by molar-refractivity contribution is 7.98.